The second kappa shape index (κ2) is 9.60. The van der Waals surface area contributed by atoms with Gasteiger partial charge in [0, 0.05) is 29.6 Å². The molecule has 0 unspecified atom stereocenters. The highest BCUT2D eigenvalue weighted by atomic mass is 16.2. The van der Waals surface area contributed by atoms with E-state index in [9.17, 15) is 9.59 Å². The maximum Gasteiger partial charge on any atom is 0.261 e. The summed E-state index contributed by atoms with van der Waals surface area (Å²) >= 11 is 0. The van der Waals surface area contributed by atoms with Gasteiger partial charge in [-0.1, -0.05) is 24.3 Å². The van der Waals surface area contributed by atoms with Crippen molar-refractivity contribution in [2.75, 3.05) is 39.3 Å². The predicted molar refractivity (Wildman–Crippen MR) is 108 cm³/mol. The van der Waals surface area contributed by atoms with Crippen LogP contribution in [-0.2, 0) is 0 Å². The van der Waals surface area contributed by atoms with Crippen LogP contribution in [0.4, 0.5) is 0 Å². The fourth-order valence-corrected chi connectivity index (χ4v) is 3.45. The normalized spacial score (nSPS) is 13.6. The van der Waals surface area contributed by atoms with E-state index in [1.807, 2.05) is 24.3 Å². The number of benzene rings is 2. The lowest BCUT2D eigenvalue weighted by molar-refractivity contribution is 0.0612. The minimum absolute atomic E-state index is 0.199. The molecule has 0 saturated heterocycles. The summed E-state index contributed by atoms with van der Waals surface area (Å²) < 4.78 is 0. The van der Waals surface area contributed by atoms with Crippen LogP contribution >= 0.6 is 0 Å². The molecule has 1 aliphatic rings. The van der Waals surface area contributed by atoms with Gasteiger partial charge in [-0.05, 0) is 63.0 Å². The van der Waals surface area contributed by atoms with E-state index >= 15 is 0 Å². The average molecular weight is 368 g/mol. The fraction of sp³-hybridized carbons (Fsp3) is 0.429. The lowest BCUT2D eigenvalue weighted by Gasteiger charge is -2.27. The van der Waals surface area contributed by atoms with Crippen molar-refractivity contribution in [1.29, 1.82) is 0 Å². The topological polar surface area (TPSA) is 87.5 Å². The number of imide groups is 1. The maximum atomic E-state index is 12.8. The number of carbonyl (C=O) groups is 2. The van der Waals surface area contributed by atoms with E-state index in [4.69, 9.17) is 5.73 Å². The molecule has 6 nitrogen and oxygen atoms in total. The third-order valence-electron chi connectivity index (χ3n) is 4.88. The van der Waals surface area contributed by atoms with E-state index in [0.717, 1.165) is 56.2 Å². The Morgan fingerprint density at radius 2 is 1.33 bits per heavy atom. The Morgan fingerprint density at radius 3 is 1.93 bits per heavy atom. The van der Waals surface area contributed by atoms with Crippen LogP contribution in [-0.4, -0.2) is 56.0 Å². The Hall–Kier alpha value is -2.28. The average Bonchev–Trinajstić information content (AvgIpc) is 2.69. The Kier molecular flexibility index (Phi) is 6.92. The number of amides is 2. The molecule has 3 rings (SSSR count). The standard InChI is InChI=1S/C21H28N4O2/c22-10-5-13-23-11-1-2-12-24-14-15-25-20(26)17-8-3-6-16-7-4-9-18(19(16)17)21(25)27/h3-4,6-9,23-24H,1-2,5,10-15,22H2. The molecule has 2 aromatic carbocycles. The van der Waals surface area contributed by atoms with Crippen LogP contribution in [0, 0.1) is 0 Å². The van der Waals surface area contributed by atoms with Crippen LogP contribution in [0.5, 0.6) is 0 Å². The van der Waals surface area contributed by atoms with Gasteiger partial charge in [0.05, 0.1) is 0 Å². The van der Waals surface area contributed by atoms with Crippen LogP contribution in [0.15, 0.2) is 36.4 Å². The number of nitrogens with two attached hydrogens (primary N) is 1. The van der Waals surface area contributed by atoms with Gasteiger partial charge >= 0.3 is 0 Å². The Labute approximate surface area is 160 Å². The van der Waals surface area contributed by atoms with Gasteiger partial charge < -0.3 is 16.4 Å². The molecule has 0 atom stereocenters. The molecule has 1 heterocycles. The van der Waals surface area contributed by atoms with Gasteiger partial charge in [0.1, 0.15) is 0 Å². The lowest BCUT2D eigenvalue weighted by atomic mass is 9.94. The Bertz CT molecular complexity index is 755. The molecule has 0 radical (unpaired) electrons. The molecule has 27 heavy (non-hydrogen) atoms. The molecule has 144 valence electrons. The summed E-state index contributed by atoms with van der Waals surface area (Å²) in [5.74, 6) is -0.398. The van der Waals surface area contributed by atoms with Crippen molar-refractivity contribution in [1.82, 2.24) is 15.5 Å². The first-order valence-electron chi connectivity index (χ1n) is 9.73. The number of hydrogen-bond acceptors (Lipinski definition) is 5. The Morgan fingerprint density at radius 1 is 0.778 bits per heavy atom. The van der Waals surface area contributed by atoms with Gasteiger partial charge in [-0.25, -0.2) is 0 Å². The number of nitrogens with one attached hydrogen (secondary N) is 2. The molecule has 0 saturated carbocycles. The molecule has 0 fully saturated rings. The lowest BCUT2D eigenvalue weighted by Crippen LogP contribution is -2.43. The molecule has 2 aromatic rings. The first-order chi connectivity index (χ1) is 13.2. The van der Waals surface area contributed by atoms with Crippen molar-refractivity contribution in [3.8, 4) is 0 Å². The summed E-state index contributed by atoms with van der Waals surface area (Å²) in [4.78, 5) is 26.9. The zero-order valence-electron chi connectivity index (χ0n) is 15.7. The van der Waals surface area contributed by atoms with E-state index in [1.165, 1.54) is 4.90 Å². The molecular weight excluding hydrogens is 340 g/mol. The smallest absolute Gasteiger partial charge is 0.261 e. The molecule has 0 spiro atoms. The highest BCUT2D eigenvalue weighted by molar-refractivity contribution is 6.25. The molecule has 4 N–H and O–H groups in total. The first-order valence-corrected chi connectivity index (χ1v) is 9.73. The van der Waals surface area contributed by atoms with Crippen molar-refractivity contribution in [2.24, 2.45) is 5.73 Å². The summed E-state index contributed by atoms with van der Waals surface area (Å²) in [7, 11) is 0. The minimum Gasteiger partial charge on any atom is -0.330 e. The number of hydrogen-bond donors (Lipinski definition) is 3. The fourth-order valence-electron chi connectivity index (χ4n) is 3.45. The summed E-state index contributed by atoms with van der Waals surface area (Å²) in [6.07, 6.45) is 3.15. The van der Waals surface area contributed by atoms with Gasteiger partial charge in [-0.2, -0.15) is 0 Å². The molecule has 0 bridgehead atoms. The molecule has 6 heteroatoms. The largest absolute Gasteiger partial charge is 0.330 e. The second-order valence-electron chi connectivity index (χ2n) is 6.82. The zero-order chi connectivity index (χ0) is 19.1. The summed E-state index contributed by atoms with van der Waals surface area (Å²) in [6, 6.07) is 11.2. The summed E-state index contributed by atoms with van der Waals surface area (Å²) in [5.41, 5.74) is 6.68. The quantitative estimate of drug-likeness (QED) is 0.415. The molecule has 1 aliphatic heterocycles. The first kappa shape index (κ1) is 19.5. The van der Waals surface area contributed by atoms with Gasteiger partial charge in [-0.3, -0.25) is 14.5 Å². The van der Waals surface area contributed by atoms with E-state index in [-0.39, 0.29) is 11.8 Å². The van der Waals surface area contributed by atoms with Crippen LogP contribution < -0.4 is 16.4 Å². The van der Waals surface area contributed by atoms with Crippen molar-refractivity contribution in [2.45, 2.75) is 19.3 Å². The summed E-state index contributed by atoms with van der Waals surface area (Å²) in [5, 5.41) is 8.40. The monoisotopic (exact) mass is 368 g/mol. The van der Waals surface area contributed by atoms with E-state index in [0.29, 0.717) is 24.2 Å². The van der Waals surface area contributed by atoms with Crippen LogP contribution in [0.3, 0.4) is 0 Å². The van der Waals surface area contributed by atoms with Gasteiger partial charge in [0.2, 0.25) is 0 Å². The molecule has 2 amide bonds. The van der Waals surface area contributed by atoms with E-state index in [2.05, 4.69) is 10.6 Å². The number of unbranched alkanes of at least 4 members (excludes halogenated alkanes) is 1. The van der Waals surface area contributed by atoms with Gasteiger partial charge in [-0.15, -0.1) is 0 Å². The molecular formula is C21H28N4O2. The second-order valence-corrected chi connectivity index (χ2v) is 6.82. The van der Waals surface area contributed by atoms with Gasteiger partial charge in [0.15, 0.2) is 0 Å². The third-order valence-corrected chi connectivity index (χ3v) is 4.88. The van der Waals surface area contributed by atoms with Crippen molar-refractivity contribution >= 4 is 22.6 Å². The van der Waals surface area contributed by atoms with E-state index in [1.54, 1.807) is 12.1 Å². The van der Waals surface area contributed by atoms with Crippen molar-refractivity contribution in [3.05, 3.63) is 47.5 Å². The number of rotatable bonds is 11. The van der Waals surface area contributed by atoms with Crippen molar-refractivity contribution in [3.63, 3.8) is 0 Å². The van der Waals surface area contributed by atoms with Gasteiger partial charge in [0.25, 0.3) is 11.8 Å². The molecule has 0 aliphatic carbocycles. The van der Waals surface area contributed by atoms with Crippen LogP contribution in [0.25, 0.3) is 10.8 Å². The number of carbonyl (C=O) groups excluding carboxylic acids is 2. The maximum absolute atomic E-state index is 12.8. The Balaban J connectivity index is 1.47. The number of nitrogens with zero attached hydrogens (tertiary/aromatic N) is 1. The van der Waals surface area contributed by atoms with Crippen molar-refractivity contribution < 1.29 is 9.59 Å². The van der Waals surface area contributed by atoms with Crippen LogP contribution in [0.1, 0.15) is 40.0 Å². The highest BCUT2D eigenvalue weighted by Crippen LogP contribution is 2.29. The minimum atomic E-state index is -0.199. The van der Waals surface area contributed by atoms with E-state index < -0.39 is 0 Å². The summed E-state index contributed by atoms with van der Waals surface area (Å²) in [6.45, 7) is 4.55. The third kappa shape index (κ3) is 4.53. The predicted octanol–water partition coefficient (Wildman–Crippen LogP) is 1.74. The molecule has 0 aromatic heterocycles. The van der Waals surface area contributed by atoms with Crippen LogP contribution in [0.2, 0.25) is 0 Å². The SMILES string of the molecule is NCCCNCCCCNCCN1C(=O)c2cccc3cccc(c23)C1=O. The zero-order valence-corrected chi connectivity index (χ0v) is 15.7. The highest BCUT2D eigenvalue weighted by Gasteiger charge is 2.31.